The molecule has 0 aromatic carbocycles. The van der Waals surface area contributed by atoms with Crippen molar-refractivity contribution in [2.75, 3.05) is 13.2 Å². The van der Waals surface area contributed by atoms with Crippen molar-refractivity contribution >= 4 is 0 Å². The molecule has 14 heteroatoms. The average Bonchev–Trinajstić information content (AvgIpc) is 3.56. The molecule has 23 atom stereocenters. The molecule has 0 bridgehead atoms. The van der Waals surface area contributed by atoms with Crippen LogP contribution in [0.1, 0.15) is 85.5 Å². The van der Waals surface area contributed by atoms with E-state index in [0.717, 1.165) is 51.6 Å². The summed E-state index contributed by atoms with van der Waals surface area (Å²) in [5.74, 6) is 2.75. The van der Waals surface area contributed by atoms with Crippen LogP contribution >= 0.6 is 0 Å². The monoisotopic (exact) mass is 742 g/mol. The molecule has 4 saturated carbocycles. The second-order valence-corrected chi connectivity index (χ2v) is 18.5. The summed E-state index contributed by atoms with van der Waals surface area (Å²) in [6.45, 7) is 9.55. The molecule has 4 saturated heterocycles. The summed E-state index contributed by atoms with van der Waals surface area (Å²) in [5.41, 5.74) is 0.0657. The molecule has 0 amide bonds. The smallest absolute Gasteiger partial charge is 0.190 e. The number of ether oxygens (including phenoxy) is 6. The van der Waals surface area contributed by atoms with E-state index in [4.69, 9.17) is 28.4 Å². The minimum absolute atomic E-state index is 0.119. The van der Waals surface area contributed by atoms with E-state index in [1.165, 1.54) is 0 Å². The van der Waals surface area contributed by atoms with Gasteiger partial charge in [0.2, 0.25) is 0 Å². The maximum absolute atomic E-state index is 11.7. The van der Waals surface area contributed by atoms with Crippen molar-refractivity contribution in [3.63, 3.8) is 0 Å². The highest BCUT2D eigenvalue weighted by atomic mass is 16.8. The van der Waals surface area contributed by atoms with E-state index in [1.54, 1.807) is 0 Å². The Balaban J connectivity index is 0.955. The van der Waals surface area contributed by atoms with Gasteiger partial charge in [0.1, 0.15) is 42.7 Å². The number of hydrogen-bond acceptors (Lipinski definition) is 14. The van der Waals surface area contributed by atoms with Gasteiger partial charge in [0.05, 0.1) is 31.5 Å². The maximum atomic E-state index is 11.7. The van der Waals surface area contributed by atoms with E-state index in [1.807, 2.05) is 0 Å². The fraction of sp³-hybridized carbons (Fsp3) is 1.00. The lowest BCUT2D eigenvalue weighted by molar-refractivity contribution is -0.393. The van der Waals surface area contributed by atoms with Crippen molar-refractivity contribution in [2.45, 2.75) is 171 Å². The Morgan fingerprint density at radius 1 is 0.731 bits per heavy atom. The minimum Gasteiger partial charge on any atom is -0.394 e. The van der Waals surface area contributed by atoms with E-state index in [-0.39, 0.29) is 22.9 Å². The number of aliphatic hydroxyl groups is 8. The van der Waals surface area contributed by atoms with Crippen molar-refractivity contribution in [3.05, 3.63) is 0 Å². The number of rotatable bonds is 5. The first-order chi connectivity index (χ1) is 24.6. The number of aliphatic hydroxyl groups excluding tert-OH is 8. The summed E-state index contributed by atoms with van der Waals surface area (Å²) in [4.78, 5) is 0. The van der Waals surface area contributed by atoms with Gasteiger partial charge >= 0.3 is 0 Å². The molecular weight excluding hydrogens is 680 g/mol. The molecule has 4 aliphatic heterocycles. The highest BCUT2D eigenvalue weighted by Crippen LogP contribution is 2.71. The molecule has 0 unspecified atom stereocenters. The van der Waals surface area contributed by atoms with Crippen LogP contribution in [0, 0.1) is 52.3 Å². The van der Waals surface area contributed by atoms with Crippen molar-refractivity contribution in [3.8, 4) is 0 Å². The third kappa shape index (κ3) is 5.88. The summed E-state index contributed by atoms with van der Waals surface area (Å²) in [7, 11) is 0. The van der Waals surface area contributed by atoms with Crippen molar-refractivity contribution in [1.82, 2.24) is 0 Å². The molecule has 8 rings (SSSR count). The van der Waals surface area contributed by atoms with Gasteiger partial charge in [-0.25, -0.2) is 0 Å². The second kappa shape index (κ2) is 13.8. The normalized spacial score (nSPS) is 60.5. The predicted octanol–water partition coefficient (Wildman–Crippen LogP) is 0.371. The molecule has 52 heavy (non-hydrogen) atoms. The lowest BCUT2D eigenvalue weighted by atomic mass is 9.44. The topological polar surface area (TPSA) is 217 Å². The van der Waals surface area contributed by atoms with Crippen LogP contribution in [0.2, 0.25) is 0 Å². The van der Waals surface area contributed by atoms with Gasteiger partial charge in [-0.15, -0.1) is 0 Å². The molecule has 8 aliphatic rings. The van der Waals surface area contributed by atoms with E-state index >= 15 is 0 Å². The van der Waals surface area contributed by atoms with Gasteiger partial charge in [-0.2, -0.15) is 0 Å². The highest BCUT2D eigenvalue weighted by molar-refractivity contribution is 5.16. The highest BCUT2D eigenvalue weighted by Gasteiger charge is 2.69. The Bertz CT molecular complexity index is 1280. The lowest BCUT2D eigenvalue weighted by Crippen LogP contribution is -2.65. The Morgan fingerprint density at radius 2 is 1.50 bits per heavy atom. The lowest BCUT2D eigenvalue weighted by Gasteiger charge is -2.62. The Labute approximate surface area is 305 Å². The Hall–Kier alpha value is -0.560. The van der Waals surface area contributed by atoms with Gasteiger partial charge in [-0.3, -0.25) is 0 Å². The SMILES string of the molecule is C[C@H]1CC[C@@]2(OC1)O[C@H]1C[C@@H]3[C@@H]4CC[C@@H]5C[C@H](O[C@@H]6O[C@H](O)[C@@H](O)[C@H](O)[C@H]6O[C@@H]6O[C@H](CO)[C@@H](O)[C@H](O)[C@H]6O)[C@@H](O)C[C@@]5(C)[C@H]4CC[C@@]3(C)[C@H]1[C@@H]2C. The van der Waals surface area contributed by atoms with E-state index in [9.17, 15) is 40.9 Å². The molecule has 14 nitrogen and oxygen atoms in total. The van der Waals surface area contributed by atoms with Crippen LogP contribution in [-0.2, 0) is 28.4 Å². The molecule has 4 heterocycles. The first kappa shape index (κ1) is 38.3. The molecule has 8 N–H and O–H groups in total. The summed E-state index contributed by atoms with van der Waals surface area (Å²) in [5, 5.41) is 84.3. The van der Waals surface area contributed by atoms with Gasteiger partial charge < -0.3 is 69.3 Å². The zero-order valence-corrected chi connectivity index (χ0v) is 30.9. The van der Waals surface area contributed by atoms with Crippen LogP contribution in [0.3, 0.4) is 0 Å². The molecule has 8 fully saturated rings. The van der Waals surface area contributed by atoms with Crippen LogP contribution in [0.4, 0.5) is 0 Å². The Kier molecular flexibility index (Phi) is 10.2. The quantitative estimate of drug-likeness (QED) is 0.179. The van der Waals surface area contributed by atoms with Crippen LogP contribution in [-0.4, -0.2) is 140 Å². The van der Waals surface area contributed by atoms with Crippen LogP contribution < -0.4 is 0 Å². The van der Waals surface area contributed by atoms with Crippen LogP contribution in [0.25, 0.3) is 0 Å². The van der Waals surface area contributed by atoms with Crippen molar-refractivity contribution < 1.29 is 69.3 Å². The molecule has 1 spiro atoms. The fourth-order valence-corrected chi connectivity index (χ4v) is 13.0. The maximum Gasteiger partial charge on any atom is 0.190 e. The summed E-state index contributed by atoms with van der Waals surface area (Å²) in [6.07, 6.45) is -9.34. The van der Waals surface area contributed by atoms with Crippen molar-refractivity contribution in [1.29, 1.82) is 0 Å². The first-order valence-corrected chi connectivity index (χ1v) is 19.9. The van der Waals surface area contributed by atoms with Gasteiger partial charge in [-0.1, -0.05) is 27.7 Å². The zero-order chi connectivity index (χ0) is 37.1. The minimum atomic E-state index is -1.83. The fourth-order valence-electron chi connectivity index (χ4n) is 13.0. The van der Waals surface area contributed by atoms with Crippen molar-refractivity contribution in [2.24, 2.45) is 52.3 Å². The first-order valence-electron chi connectivity index (χ1n) is 19.9. The summed E-state index contributed by atoms with van der Waals surface area (Å²) >= 11 is 0. The van der Waals surface area contributed by atoms with Crippen LogP contribution in [0.15, 0.2) is 0 Å². The average molecular weight is 743 g/mol. The predicted molar refractivity (Wildman–Crippen MR) is 180 cm³/mol. The standard InChI is InChI=1S/C38H62O14/c1-16-7-10-38(47-15-16)17(2)26-24(52-38)12-21-19-6-5-18-11-23(22(40)13-37(18,4)20(19)8-9-36(21,26)3)48-35-32(29(43)30(44)33(46)51-35)50-34-31(45)28(42)27(41)25(14-39)49-34/h16-35,39-46H,5-15H2,1-4H3/t16-,17-,18+,19+,20-,21+,22-,23-,24-,25+,26-,27+,28-,29-,30-,31+,32+,33-,34-,35+,36+,37+,38+/m0/s1. The largest absolute Gasteiger partial charge is 0.394 e. The molecule has 0 radical (unpaired) electrons. The molecule has 0 aromatic heterocycles. The third-order valence-electron chi connectivity index (χ3n) is 15.9. The Morgan fingerprint density at radius 3 is 2.21 bits per heavy atom. The van der Waals surface area contributed by atoms with E-state index < -0.39 is 86.2 Å². The second-order valence-electron chi connectivity index (χ2n) is 18.5. The third-order valence-corrected chi connectivity index (χ3v) is 15.9. The van der Waals surface area contributed by atoms with Gasteiger partial charge in [0.15, 0.2) is 24.7 Å². The van der Waals surface area contributed by atoms with Gasteiger partial charge in [0.25, 0.3) is 0 Å². The molecular formula is C38H62O14. The molecule has 0 aromatic rings. The summed E-state index contributed by atoms with van der Waals surface area (Å²) < 4.78 is 36.6. The van der Waals surface area contributed by atoms with E-state index in [2.05, 4.69) is 27.7 Å². The number of fused-ring (bicyclic) bond motifs is 7. The van der Waals surface area contributed by atoms with Gasteiger partial charge in [-0.05, 0) is 97.7 Å². The van der Waals surface area contributed by atoms with Gasteiger partial charge in [0, 0.05) is 12.3 Å². The summed E-state index contributed by atoms with van der Waals surface area (Å²) in [6, 6.07) is 0. The van der Waals surface area contributed by atoms with E-state index in [0.29, 0.717) is 48.3 Å². The molecule has 4 aliphatic carbocycles. The zero-order valence-electron chi connectivity index (χ0n) is 30.9. The molecule has 298 valence electrons. The van der Waals surface area contributed by atoms with Crippen LogP contribution in [0.5, 0.6) is 0 Å². The number of hydrogen-bond donors (Lipinski definition) is 8.